The minimum atomic E-state index is -0.522. The number of hydrogen-bond donors (Lipinski definition) is 0. The van der Waals surface area contributed by atoms with E-state index >= 15 is 0 Å². The van der Waals surface area contributed by atoms with Crippen LogP contribution in [0, 0.1) is 6.92 Å². The van der Waals surface area contributed by atoms with Gasteiger partial charge in [0.2, 0.25) is 0 Å². The SMILES string of the molecule is Cc1nc(-c2ccc(C(=O)OCC(=O)c3ccc(Br)cc3)cc2)cs1. The van der Waals surface area contributed by atoms with E-state index in [-0.39, 0.29) is 12.4 Å². The Balaban J connectivity index is 1.61. The van der Waals surface area contributed by atoms with Gasteiger partial charge in [-0.05, 0) is 31.2 Å². The van der Waals surface area contributed by atoms with Crippen LogP contribution in [0.25, 0.3) is 11.3 Å². The number of carbonyl (C=O) groups excluding carboxylic acids is 2. The average Bonchev–Trinajstić information content (AvgIpc) is 3.06. The Morgan fingerprint density at radius 3 is 2.28 bits per heavy atom. The Morgan fingerprint density at radius 1 is 1.04 bits per heavy atom. The molecule has 0 N–H and O–H groups in total. The molecule has 0 saturated carbocycles. The van der Waals surface area contributed by atoms with Gasteiger partial charge in [-0.15, -0.1) is 11.3 Å². The van der Waals surface area contributed by atoms with E-state index in [2.05, 4.69) is 20.9 Å². The molecule has 0 aliphatic carbocycles. The maximum absolute atomic E-state index is 12.1. The Bertz CT molecular complexity index is 901. The van der Waals surface area contributed by atoms with Gasteiger partial charge in [-0.3, -0.25) is 4.79 Å². The number of hydrogen-bond acceptors (Lipinski definition) is 5. The fraction of sp³-hybridized carbons (Fsp3) is 0.105. The molecule has 25 heavy (non-hydrogen) atoms. The Hall–Kier alpha value is -2.31. The van der Waals surface area contributed by atoms with E-state index in [4.69, 9.17) is 4.74 Å². The molecule has 1 aromatic heterocycles. The van der Waals surface area contributed by atoms with Gasteiger partial charge in [0, 0.05) is 21.0 Å². The first kappa shape index (κ1) is 17.5. The van der Waals surface area contributed by atoms with E-state index < -0.39 is 5.97 Å². The zero-order chi connectivity index (χ0) is 17.8. The van der Waals surface area contributed by atoms with Gasteiger partial charge in [0.05, 0.1) is 16.3 Å². The second-order valence-corrected chi connectivity index (χ2v) is 7.31. The number of ether oxygens (including phenoxy) is 1. The third-order valence-corrected chi connectivity index (χ3v) is 4.84. The zero-order valence-corrected chi connectivity index (χ0v) is 15.8. The summed E-state index contributed by atoms with van der Waals surface area (Å²) in [5.41, 5.74) is 2.73. The first-order valence-electron chi connectivity index (χ1n) is 7.51. The van der Waals surface area contributed by atoms with Crippen molar-refractivity contribution in [3.63, 3.8) is 0 Å². The molecule has 0 saturated heterocycles. The highest BCUT2D eigenvalue weighted by Crippen LogP contribution is 2.22. The van der Waals surface area contributed by atoms with Crippen LogP contribution in [0.4, 0.5) is 0 Å². The third kappa shape index (κ3) is 4.41. The van der Waals surface area contributed by atoms with Crippen molar-refractivity contribution < 1.29 is 14.3 Å². The van der Waals surface area contributed by atoms with Crippen LogP contribution in [-0.4, -0.2) is 23.3 Å². The molecule has 0 atom stereocenters. The number of halogens is 1. The van der Waals surface area contributed by atoms with Crippen molar-refractivity contribution in [1.29, 1.82) is 0 Å². The highest BCUT2D eigenvalue weighted by molar-refractivity contribution is 9.10. The van der Waals surface area contributed by atoms with Gasteiger partial charge in [-0.25, -0.2) is 9.78 Å². The number of benzene rings is 2. The van der Waals surface area contributed by atoms with E-state index in [9.17, 15) is 9.59 Å². The summed E-state index contributed by atoms with van der Waals surface area (Å²) < 4.78 is 6.00. The monoisotopic (exact) mass is 415 g/mol. The third-order valence-electron chi connectivity index (χ3n) is 3.54. The van der Waals surface area contributed by atoms with Gasteiger partial charge in [0.1, 0.15) is 0 Å². The van der Waals surface area contributed by atoms with Crippen molar-refractivity contribution >= 4 is 39.0 Å². The van der Waals surface area contributed by atoms with Gasteiger partial charge >= 0.3 is 5.97 Å². The molecule has 6 heteroatoms. The molecule has 0 spiro atoms. The lowest BCUT2D eigenvalue weighted by molar-refractivity contribution is 0.0475. The van der Waals surface area contributed by atoms with Crippen molar-refractivity contribution in [1.82, 2.24) is 4.98 Å². The highest BCUT2D eigenvalue weighted by Gasteiger charge is 2.12. The molecule has 0 amide bonds. The van der Waals surface area contributed by atoms with E-state index in [1.807, 2.05) is 24.4 Å². The molecule has 0 aliphatic heterocycles. The fourth-order valence-corrected chi connectivity index (χ4v) is 3.09. The molecule has 0 radical (unpaired) electrons. The predicted octanol–water partition coefficient (Wildman–Crippen LogP) is 4.92. The van der Waals surface area contributed by atoms with Gasteiger partial charge in [-0.2, -0.15) is 0 Å². The van der Waals surface area contributed by atoms with Crippen LogP contribution in [0.3, 0.4) is 0 Å². The molecule has 1 heterocycles. The number of Topliss-reactive ketones (excluding diaryl/α,β-unsaturated/α-hetero) is 1. The summed E-state index contributed by atoms with van der Waals surface area (Å²) in [4.78, 5) is 28.5. The minimum absolute atomic E-state index is 0.240. The number of thiazole rings is 1. The molecule has 0 fully saturated rings. The number of nitrogens with zero attached hydrogens (tertiary/aromatic N) is 1. The van der Waals surface area contributed by atoms with E-state index in [1.165, 1.54) is 0 Å². The van der Waals surface area contributed by atoms with E-state index in [0.717, 1.165) is 20.7 Å². The lowest BCUT2D eigenvalue weighted by Gasteiger charge is -2.05. The molecule has 2 aromatic carbocycles. The van der Waals surface area contributed by atoms with Gasteiger partial charge in [0.25, 0.3) is 0 Å². The first-order valence-corrected chi connectivity index (χ1v) is 9.18. The number of rotatable bonds is 5. The zero-order valence-electron chi connectivity index (χ0n) is 13.4. The maximum atomic E-state index is 12.1. The van der Waals surface area contributed by atoms with Gasteiger partial charge in [-0.1, -0.05) is 40.2 Å². The molecule has 4 nitrogen and oxygen atoms in total. The van der Waals surface area contributed by atoms with Crippen LogP contribution in [0.15, 0.2) is 58.4 Å². The van der Waals surface area contributed by atoms with Crippen molar-refractivity contribution in [3.8, 4) is 11.3 Å². The molecule has 0 unspecified atom stereocenters. The summed E-state index contributed by atoms with van der Waals surface area (Å²) in [6.45, 7) is 1.66. The van der Waals surface area contributed by atoms with Crippen molar-refractivity contribution in [2.24, 2.45) is 0 Å². The minimum Gasteiger partial charge on any atom is -0.454 e. The lowest BCUT2D eigenvalue weighted by atomic mass is 10.1. The summed E-state index contributed by atoms with van der Waals surface area (Å²) >= 11 is 4.89. The molecule has 0 bridgehead atoms. The predicted molar refractivity (Wildman–Crippen MR) is 101 cm³/mol. The molecule has 3 rings (SSSR count). The molecule has 3 aromatic rings. The number of carbonyl (C=O) groups is 2. The van der Waals surface area contributed by atoms with Crippen molar-refractivity contribution in [2.45, 2.75) is 6.92 Å². The first-order chi connectivity index (χ1) is 12.0. The quantitative estimate of drug-likeness (QED) is 0.438. The number of aryl methyl sites for hydroxylation is 1. The van der Waals surface area contributed by atoms with Gasteiger partial charge in [0.15, 0.2) is 12.4 Å². The van der Waals surface area contributed by atoms with E-state index in [0.29, 0.717) is 11.1 Å². The molecule has 126 valence electrons. The second kappa shape index (κ2) is 7.72. The van der Waals surface area contributed by atoms with E-state index in [1.54, 1.807) is 47.7 Å². The lowest BCUT2D eigenvalue weighted by Crippen LogP contribution is -2.14. The van der Waals surface area contributed by atoms with Crippen LogP contribution < -0.4 is 0 Å². The standard InChI is InChI=1S/C19H14BrNO3S/c1-12-21-17(11-25-12)13-2-4-15(5-3-13)19(23)24-10-18(22)14-6-8-16(20)9-7-14/h2-9,11H,10H2,1H3. The normalized spacial score (nSPS) is 10.5. The van der Waals surface area contributed by atoms with Crippen molar-refractivity contribution in [2.75, 3.05) is 6.61 Å². The summed E-state index contributed by atoms with van der Waals surface area (Å²) in [5, 5.41) is 2.96. The number of ketones is 1. The van der Waals surface area contributed by atoms with Crippen LogP contribution in [0.5, 0.6) is 0 Å². The Labute approximate surface area is 157 Å². The van der Waals surface area contributed by atoms with Crippen LogP contribution in [0.1, 0.15) is 25.7 Å². The van der Waals surface area contributed by atoms with Crippen LogP contribution in [0.2, 0.25) is 0 Å². The highest BCUT2D eigenvalue weighted by atomic mass is 79.9. The Kier molecular flexibility index (Phi) is 5.40. The Morgan fingerprint density at radius 2 is 1.68 bits per heavy atom. The van der Waals surface area contributed by atoms with Crippen LogP contribution in [-0.2, 0) is 4.74 Å². The molecule has 0 aliphatic rings. The molecular weight excluding hydrogens is 402 g/mol. The average molecular weight is 416 g/mol. The van der Waals surface area contributed by atoms with Crippen LogP contribution >= 0.6 is 27.3 Å². The molecular formula is C19H14BrNO3S. The smallest absolute Gasteiger partial charge is 0.338 e. The summed E-state index contributed by atoms with van der Waals surface area (Å²) in [6, 6.07) is 13.9. The largest absolute Gasteiger partial charge is 0.454 e. The summed E-state index contributed by atoms with van der Waals surface area (Å²) in [6.07, 6.45) is 0. The number of esters is 1. The summed E-state index contributed by atoms with van der Waals surface area (Å²) in [5.74, 6) is -0.762. The van der Waals surface area contributed by atoms with Gasteiger partial charge < -0.3 is 4.74 Å². The second-order valence-electron chi connectivity index (χ2n) is 5.34. The number of aromatic nitrogens is 1. The maximum Gasteiger partial charge on any atom is 0.338 e. The summed E-state index contributed by atoms with van der Waals surface area (Å²) in [7, 11) is 0. The topological polar surface area (TPSA) is 56.3 Å². The van der Waals surface area contributed by atoms with Crippen molar-refractivity contribution in [3.05, 3.63) is 74.5 Å². The fourth-order valence-electron chi connectivity index (χ4n) is 2.21.